The number of hydrogen-bond acceptors (Lipinski definition) is 4. The van der Waals surface area contributed by atoms with Crippen LogP contribution in [0.5, 0.6) is 5.75 Å². The Kier molecular flexibility index (Phi) is 3.46. The Morgan fingerprint density at radius 2 is 1.68 bits per heavy atom. The van der Waals surface area contributed by atoms with E-state index in [1.165, 1.54) is 6.07 Å². The Morgan fingerprint density at radius 1 is 1.14 bits per heavy atom. The van der Waals surface area contributed by atoms with Gasteiger partial charge in [-0.3, -0.25) is 9.59 Å². The maximum absolute atomic E-state index is 12.8. The molecule has 0 atom stereocenters. The lowest BCUT2D eigenvalue weighted by Crippen LogP contribution is -2.26. The third-order valence-corrected chi connectivity index (χ3v) is 4.10. The van der Waals surface area contributed by atoms with Crippen LogP contribution in [0.25, 0.3) is 0 Å². The number of nitrogens with two attached hydrogens (primary N) is 1. The molecular formula is C15H9BrN2O3S. The normalized spacial score (nSPS) is 12.6. The first kappa shape index (κ1) is 14.7. The van der Waals surface area contributed by atoms with Crippen molar-refractivity contribution in [2.45, 2.75) is 0 Å². The number of phenolic OH excluding ortho intramolecular Hbond substituents is 1. The van der Waals surface area contributed by atoms with E-state index in [9.17, 15) is 14.7 Å². The van der Waals surface area contributed by atoms with E-state index in [0.29, 0.717) is 4.47 Å². The highest BCUT2D eigenvalue weighted by Crippen LogP contribution is 2.41. The molecule has 0 spiro atoms. The number of aromatic hydroxyl groups is 1. The number of anilines is 1. The van der Waals surface area contributed by atoms with Crippen molar-refractivity contribution in [2.24, 2.45) is 5.73 Å². The fourth-order valence-electron chi connectivity index (χ4n) is 2.49. The summed E-state index contributed by atoms with van der Waals surface area (Å²) in [7, 11) is 0. The van der Waals surface area contributed by atoms with Crippen LogP contribution in [0, 0.1) is 0 Å². The molecule has 110 valence electrons. The van der Waals surface area contributed by atoms with Gasteiger partial charge in [-0.05, 0) is 34.2 Å². The highest BCUT2D eigenvalue weighted by atomic mass is 79.9. The topological polar surface area (TPSA) is 92.4 Å². The molecule has 3 rings (SSSR count). The van der Waals surface area contributed by atoms with Gasteiger partial charge in [0.2, 0.25) is 0 Å². The average molecular weight is 377 g/mol. The van der Waals surface area contributed by atoms with Gasteiger partial charge in [0.05, 0.1) is 16.8 Å². The lowest BCUT2D eigenvalue weighted by atomic mass is 9.82. The lowest BCUT2D eigenvalue weighted by Gasteiger charge is -2.22. The maximum Gasteiger partial charge on any atom is 0.198 e. The summed E-state index contributed by atoms with van der Waals surface area (Å²) in [4.78, 5) is 25.4. The molecule has 2 aromatic carbocycles. The van der Waals surface area contributed by atoms with Gasteiger partial charge in [0.1, 0.15) is 5.75 Å². The summed E-state index contributed by atoms with van der Waals surface area (Å²) in [6.45, 7) is 0. The van der Waals surface area contributed by atoms with Crippen LogP contribution in [0.1, 0.15) is 31.8 Å². The smallest absolute Gasteiger partial charge is 0.198 e. The number of nitrogens with one attached hydrogen (secondary N) is 1. The summed E-state index contributed by atoms with van der Waals surface area (Å²) >= 11 is 8.05. The molecule has 0 bridgehead atoms. The first-order valence-electron chi connectivity index (χ1n) is 6.22. The molecule has 4 N–H and O–H groups in total. The Bertz CT molecular complexity index is 864. The van der Waals surface area contributed by atoms with Crippen LogP contribution in [0.2, 0.25) is 0 Å². The number of thiocarbonyl (C=S) groups is 1. The number of carbonyl (C=O) groups excluding carboxylic acids is 2. The standard InChI is InChI=1S/C15H9BrN2O3S/c16-8-5-9(19)10-11(12(8)18-15(17)22)14(21)7-4-2-1-3-6(7)13(10)20/h1-5,19H,(H3,17,18,22). The van der Waals surface area contributed by atoms with Gasteiger partial charge in [-0.2, -0.15) is 0 Å². The Morgan fingerprint density at radius 3 is 2.23 bits per heavy atom. The zero-order valence-corrected chi connectivity index (χ0v) is 13.4. The van der Waals surface area contributed by atoms with Gasteiger partial charge >= 0.3 is 0 Å². The van der Waals surface area contributed by atoms with E-state index in [2.05, 4.69) is 21.2 Å². The molecule has 0 fully saturated rings. The number of fused-ring (bicyclic) bond motifs is 2. The third kappa shape index (κ3) is 2.10. The van der Waals surface area contributed by atoms with Crippen molar-refractivity contribution in [2.75, 3.05) is 5.32 Å². The fraction of sp³-hybridized carbons (Fsp3) is 0. The molecule has 0 heterocycles. The zero-order chi connectivity index (χ0) is 16.0. The second-order valence-electron chi connectivity index (χ2n) is 4.70. The quantitative estimate of drug-likeness (QED) is 0.446. The van der Waals surface area contributed by atoms with E-state index in [1.807, 2.05) is 0 Å². The molecule has 0 aliphatic heterocycles. The molecule has 0 saturated heterocycles. The van der Waals surface area contributed by atoms with Gasteiger partial charge < -0.3 is 16.2 Å². The van der Waals surface area contributed by atoms with Gasteiger partial charge in [-0.25, -0.2) is 0 Å². The number of halogens is 1. The maximum atomic E-state index is 12.8. The number of phenols is 1. The van der Waals surface area contributed by atoms with E-state index >= 15 is 0 Å². The number of hydrogen-bond donors (Lipinski definition) is 3. The molecule has 0 amide bonds. The highest BCUT2D eigenvalue weighted by molar-refractivity contribution is 9.10. The van der Waals surface area contributed by atoms with E-state index in [4.69, 9.17) is 18.0 Å². The molecular weight excluding hydrogens is 368 g/mol. The Balaban J connectivity index is 2.36. The van der Waals surface area contributed by atoms with Crippen LogP contribution in [-0.2, 0) is 0 Å². The molecule has 0 radical (unpaired) electrons. The molecule has 1 aliphatic rings. The van der Waals surface area contributed by atoms with E-state index in [1.54, 1.807) is 24.3 Å². The minimum atomic E-state index is -0.416. The Hall–Kier alpha value is -2.25. The van der Waals surface area contributed by atoms with Crippen LogP contribution in [0.3, 0.4) is 0 Å². The van der Waals surface area contributed by atoms with Crippen molar-refractivity contribution in [3.8, 4) is 5.75 Å². The molecule has 7 heteroatoms. The van der Waals surface area contributed by atoms with Crippen molar-refractivity contribution >= 4 is 50.5 Å². The minimum Gasteiger partial charge on any atom is -0.507 e. The summed E-state index contributed by atoms with van der Waals surface area (Å²) in [6, 6.07) is 7.80. The van der Waals surface area contributed by atoms with Crippen LogP contribution in [-0.4, -0.2) is 21.8 Å². The van der Waals surface area contributed by atoms with Crippen molar-refractivity contribution in [3.63, 3.8) is 0 Å². The molecule has 0 unspecified atom stereocenters. The van der Waals surface area contributed by atoms with Gasteiger partial charge in [0.25, 0.3) is 0 Å². The number of rotatable bonds is 1. The summed E-state index contributed by atoms with van der Waals surface area (Å²) < 4.78 is 0.386. The van der Waals surface area contributed by atoms with E-state index in [0.717, 1.165) is 0 Å². The minimum absolute atomic E-state index is 0.0484. The van der Waals surface area contributed by atoms with Gasteiger partial charge in [0, 0.05) is 15.6 Å². The van der Waals surface area contributed by atoms with Crippen molar-refractivity contribution in [3.05, 3.63) is 57.1 Å². The molecule has 0 saturated carbocycles. The largest absolute Gasteiger partial charge is 0.507 e. The van der Waals surface area contributed by atoms with Crippen molar-refractivity contribution in [1.29, 1.82) is 0 Å². The molecule has 5 nitrogen and oxygen atoms in total. The monoisotopic (exact) mass is 376 g/mol. The predicted octanol–water partition coefficient (Wildman–Crippen LogP) is 2.59. The summed E-state index contributed by atoms with van der Waals surface area (Å²) in [6.07, 6.45) is 0. The van der Waals surface area contributed by atoms with E-state index < -0.39 is 5.78 Å². The molecule has 1 aliphatic carbocycles. The van der Waals surface area contributed by atoms with Gasteiger partial charge in [-0.1, -0.05) is 24.3 Å². The lowest BCUT2D eigenvalue weighted by molar-refractivity contribution is 0.0977. The number of carbonyl (C=O) groups is 2. The first-order chi connectivity index (χ1) is 10.4. The molecule has 22 heavy (non-hydrogen) atoms. The fourth-order valence-corrected chi connectivity index (χ4v) is 3.10. The number of ketones is 2. The van der Waals surface area contributed by atoms with Crippen molar-refractivity contribution in [1.82, 2.24) is 0 Å². The van der Waals surface area contributed by atoms with Crippen LogP contribution >= 0.6 is 28.1 Å². The second-order valence-corrected chi connectivity index (χ2v) is 5.99. The van der Waals surface area contributed by atoms with Gasteiger partial charge in [-0.15, -0.1) is 0 Å². The van der Waals surface area contributed by atoms with Crippen molar-refractivity contribution < 1.29 is 14.7 Å². The predicted molar refractivity (Wildman–Crippen MR) is 89.5 cm³/mol. The summed E-state index contributed by atoms with van der Waals surface area (Å²) in [5.41, 5.74) is 6.30. The van der Waals surface area contributed by atoms with E-state index in [-0.39, 0.29) is 44.6 Å². The van der Waals surface area contributed by atoms with Crippen LogP contribution in [0.4, 0.5) is 5.69 Å². The molecule has 2 aromatic rings. The second kappa shape index (κ2) is 5.19. The highest BCUT2D eigenvalue weighted by Gasteiger charge is 2.35. The Labute approximate surface area is 139 Å². The van der Waals surface area contributed by atoms with Crippen LogP contribution < -0.4 is 11.1 Å². The molecule has 0 aromatic heterocycles. The average Bonchev–Trinajstić information content (AvgIpc) is 2.47. The first-order valence-corrected chi connectivity index (χ1v) is 7.42. The third-order valence-electron chi connectivity index (χ3n) is 3.38. The van der Waals surface area contributed by atoms with Gasteiger partial charge in [0.15, 0.2) is 16.7 Å². The summed E-state index contributed by atoms with van der Waals surface area (Å²) in [5, 5.41) is 12.8. The zero-order valence-electron chi connectivity index (χ0n) is 11.0. The SMILES string of the molecule is NC(=S)Nc1c(Br)cc(O)c2c1C(=O)c1ccccc1C2=O. The van der Waals surface area contributed by atoms with Crippen LogP contribution in [0.15, 0.2) is 34.8 Å². The number of benzene rings is 2. The summed E-state index contributed by atoms with van der Waals surface area (Å²) in [5.74, 6) is -1.06.